The van der Waals surface area contributed by atoms with Crippen LogP contribution in [0.2, 0.25) is 0 Å². The van der Waals surface area contributed by atoms with Crippen LogP contribution in [-0.4, -0.2) is 54.9 Å². The molecule has 1 fully saturated rings. The largest absolute Gasteiger partial charge is 0.367 e. The van der Waals surface area contributed by atoms with Crippen molar-refractivity contribution in [1.29, 1.82) is 0 Å². The van der Waals surface area contributed by atoms with Gasteiger partial charge in [0.2, 0.25) is 5.91 Å². The molecule has 2 aromatic rings. The van der Waals surface area contributed by atoms with Crippen molar-refractivity contribution in [3.05, 3.63) is 69.8 Å². The second kappa shape index (κ2) is 8.52. The minimum atomic E-state index is -0.635. The number of nitrogens with zero attached hydrogens (tertiary/aromatic N) is 3. The Balaban J connectivity index is 1.76. The van der Waals surface area contributed by atoms with Crippen molar-refractivity contribution in [1.82, 2.24) is 10.2 Å². The molecule has 30 heavy (non-hydrogen) atoms. The van der Waals surface area contributed by atoms with Crippen molar-refractivity contribution in [2.45, 2.75) is 19.3 Å². The average Bonchev–Trinajstić information content (AvgIpc) is 2.78. The summed E-state index contributed by atoms with van der Waals surface area (Å²) < 4.78 is 0. The number of nitro groups is 1. The predicted molar refractivity (Wildman–Crippen MR) is 115 cm³/mol. The van der Waals surface area contributed by atoms with Gasteiger partial charge in [0.05, 0.1) is 21.6 Å². The molecule has 1 aliphatic heterocycles. The number of non-ortho nitro benzene ring substituents is 1. The molecule has 1 aliphatic rings. The van der Waals surface area contributed by atoms with E-state index in [1.807, 2.05) is 54.0 Å². The van der Waals surface area contributed by atoms with Crippen molar-refractivity contribution in [2.24, 2.45) is 0 Å². The summed E-state index contributed by atoms with van der Waals surface area (Å²) in [5.74, 6) is -0.319. The van der Waals surface area contributed by atoms with Crippen molar-refractivity contribution < 1.29 is 14.5 Å². The monoisotopic (exact) mass is 410 g/mol. The van der Waals surface area contributed by atoms with Gasteiger partial charge in [-0.25, -0.2) is 0 Å². The molecule has 8 heteroatoms. The number of amides is 2. The highest BCUT2D eigenvalue weighted by Crippen LogP contribution is 2.29. The lowest BCUT2D eigenvalue weighted by molar-refractivity contribution is -0.384. The van der Waals surface area contributed by atoms with Crippen LogP contribution in [-0.2, 0) is 10.2 Å². The lowest BCUT2D eigenvalue weighted by Gasteiger charge is -2.40. The lowest BCUT2D eigenvalue weighted by Crippen LogP contribution is -2.53. The molecule has 0 unspecified atom stereocenters. The summed E-state index contributed by atoms with van der Waals surface area (Å²) in [5, 5.41) is 13.6. The van der Waals surface area contributed by atoms with E-state index < -0.39 is 10.3 Å². The number of nitro benzene ring substituents is 1. The van der Waals surface area contributed by atoms with Crippen molar-refractivity contribution in [2.75, 3.05) is 38.1 Å². The van der Waals surface area contributed by atoms with Crippen LogP contribution in [0, 0.1) is 10.1 Å². The van der Waals surface area contributed by atoms with Crippen molar-refractivity contribution in [3.63, 3.8) is 0 Å². The Bertz CT molecular complexity index is 951. The molecule has 1 heterocycles. The van der Waals surface area contributed by atoms with Gasteiger partial charge in [0.15, 0.2) is 0 Å². The normalized spacial score (nSPS) is 14.4. The zero-order valence-corrected chi connectivity index (χ0v) is 17.4. The Morgan fingerprint density at radius 1 is 1.03 bits per heavy atom. The van der Waals surface area contributed by atoms with E-state index >= 15 is 0 Å². The molecule has 0 aromatic heterocycles. The SMILES string of the molecule is CNC(=O)c1cc([N+](=O)[O-])ccc1N1CCN(C(=O)C(C)(C)c2ccccc2)CC1. The third-order valence-corrected chi connectivity index (χ3v) is 5.60. The summed E-state index contributed by atoms with van der Waals surface area (Å²) in [4.78, 5) is 39.9. The second-order valence-corrected chi connectivity index (χ2v) is 7.81. The van der Waals surface area contributed by atoms with Gasteiger partial charge in [-0.1, -0.05) is 30.3 Å². The van der Waals surface area contributed by atoms with E-state index in [4.69, 9.17) is 0 Å². The van der Waals surface area contributed by atoms with Crippen molar-refractivity contribution >= 4 is 23.2 Å². The highest BCUT2D eigenvalue weighted by Gasteiger charge is 2.35. The quantitative estimate of drug-likeness (QED) is 0.604. The maximum atomic E-state index is 13.2. The molecule has 2 aromatic carbocycles. The van der Waals surface area contributed by atoms with Crippen LogP contribution in [0.1, 0.15) is 29.8 Å². The van der Waals surface area contributed by atoms with Crippen LogP contribution in [0.4, 0.5) is 11.4 Å². The molecule has 0 atom stereocenters. The second-order valence-electron chi connectivity index (χ2n) is 7.81. The fourth-order valence-corrected chi connectivity index (χ4v) is 3.75. The van der Waals surface area contributed by atoms with E-state index in [0.717, 1.165) is 5.56 Å². The highest BCUT2D eigenvalue weighted by atomic mass is 16.6. The maximum Gasteiger partial charge on any atom is 0.270 e. The van der Waals surface area contributed by atoms with Crippen LogP contribution < -0.4 is 10.2 Å². The molecule has 8 nitrogen and oxygen atoms in total. The summed E-state index contributed by atoms with van der Waals surface area (Å²) in [5.41, 5.74) is 1.10. The summed E-state index contributed by atoms with van der Waals surface area (Å²) in [6.07, 6.45) is 0. The van der Waals surface area contributed by atoms with Gasteiger partial charge in [0, 0.05) is 45.4 Å². The number of nitrogens with one attached hydrogen (secondary N) is 1. The Morgan fingerprint density at radius 3 is 2.23 bits per heavy atom. The molecule has 3 rings (SSSR count). The van der Waals surface area contributed by atoms with E-state index in [9.17, 15) is 19.7 Å². The molecular formula is C22H26N4O4. The van der Waals surface area contributed by atoms with Gasteiger partial charge in [-0.3, -0.25) is 19.7 Å². The first-order valence-electron chi connectivity index (χ1n) is 9.86. The number of hydrogen-bond acceptors (Lipinski definition) is 5. The maximum absolute atomic E-state index is 13.2. The smallest absolute Gasteiger partial charge is 0.270 e. The minimum absolute atomic E-state index is 0.0589. The molecule has 0 aliphatic carbocycles. The summed E-state index contributed by atoms with van der Waals surface area (Å²) in [7, 11) is 1.49. The third-order valence-electron chi connectivity index (χ3n) is 5.60. The molecule has 2 amide bonds. The number of anilines is 1. The first-order chi connectivity index (χ1) is 14.3. The van der Waals surface area contributed by atoms with Gasteiger partial charge in [0.1, 0.15) is 0 Å². The third kappa shape index (κ3) is 4.12. The molecule has 0 saturated carbocycles. The highest BCUT2D eigenvalue weighted by molar-refractivity contribution is 6.00. The summed E-state index contributed by atoms with van der Waals surface area (Å²) >= 11 is 0. The molecular weight excluding hydrogens is 384 g/mol. The molecule has 158 valence electrons. The molecule has 1 saturated heterocycles. The zero-order chi connectivity index (χ0) is 21.9. The average molecular weight is 410 g/mol. The van der Waals surface area contributed by atoms with Crippen molar-refractivity contribution in [3.8, 4) is 0 Å². The number of carbonyl (C=O) groups excluding carboxylic acids is 2. The van der Waals surface area contributed by atoms with Crippen LogP contribution >= 0.6 is 0 Å². The standard InChI is InChI=1S/C22H26N4O4/c1-22(2,16-7-5-4-6-8-16)21(28)25-13-11-24(12-14-25)19-10-9-17(26(29)30)15-18(19)20(27)23-3/h4-10,15H,11-14H2,1-3H3,(H,23,27). The van der Waals surface area contributed by atoms with E-state index in [-0.39, 0.29) is 23.1 Å². The first kappa shape index (κ1) is 21.3. The Hall–Kier alpha value is -3.42. The minimum Gasteiger partial charge on any atom is -0.367 e. The van der Waals surface area contributed by atoms with Crippen LogP contribution in [0.5, 0.6) is 0 Å². The number of benzene rings is 2. The molecule has 0 bridgehead atoms. The van der Waals surface area contributed by atoms with E-state index in [2.05, 4.69) is 5.32 Å². The number of rotatable bonds is 5. The van der Waals surface area contributed by atoms with E-state index in [0.29, 0.717) is 31.9 Å². The van der Waals surface area contributed by atoms with Gasteiger partial charge in [-0.15, -0.1) is 0 Å². The fourth-order valence-electron chi connectivity index (χ4n) is 3.75. The zero-order valence-electron chi connectivity index (χ0n) is 17.4. The first-order valence-corrected chi connectivity index (χ1v) is 9.86. The van der Waals surface area contributed by atoms with E-state index in [1.165, 1.54) is 19.2 Å². The van der Waals surface area contributed by atoms with Gasteiger partial charge in [-0.05, 0) is 25.5 Å². The topological polar surface area (TPSA) is 95.8 Å². The van der Waals surface area contributed by atoms with Crippen LogP contribution in [0.15, 0.2) is 48.5 Å². The van der Waals surface area contributed by atoms with Crippen LogP contribution in [0.25, 0.3) is 0 Å². The molecule has 1 N–H and O–H groups in total. The van der Waals surface area contributed by atoms with Crippen LogP contribution in [0.3, 0.4) is 0 Å². The lowest BCUT2D eigenvalue weighted by atomic mass is 9.83. The molecule has 0 radical (unpaired) electrons. The summed E-state index contributed by atoms with van der Waals surface area (Å²) in [6, 6.07) is 14.0. The Labute approximate surface area is 175 Å². The number of carbonyl (C=O) groups is 2. The van der Waals surface area contributed by atoms with Gasteiger partial charge < -0.3 is 15.1 Å². The molecule has 0 spiro atoms. The van der Waals surface area contributed by atoms with E-state index in [1.54, 1.807) is 6.07 Å². The van der Waals surface area contributed by atoms with Gasteiger partial charge in [-0.2, -0.15) is 0 Å². The predicted octanol–water partition coefficient (Wildman–Crippen LogP) is 2.58. The number of hydrogen-bond donors (Lipinski definition) is 1. The summed E-state index contributed by atoms with van der Waals surface area (Å²) in [6.45, 7) is 5.96. The van der Waals surface area contributed by atoms with Gasteiger partial charge >= 0.3 is 0 Å². The van der Waals surface area contributed by atoms with Gasteiger partial charge in [0.25, 0.3) is 11.6 Å². The fraction of sp³-hybridized carbons (Fsp3) is 0.364. The Morgan fingerprint density at radius 2 is 1.67 bits per heavy atom. The Kier molecular flexibility index (Phi) is 6.05. The number of piperazine rings is 1.